The zero-order chi connectivity index (χ0) is 14.4. The molecule has 1 aromatic rings. The molecule has 1 aromatic carbocycles. The highest BCUT2D eigenvalue weighted by atomic mass is 35.5. The summed E-state index contributed by atoms with van der Waals surface area (Å²) in [4.78, 5) is 11.5. The van der Waals surface area contributed by atoms with Crippen molar-refractivity contribution in [3.63, 3.8) is 0 Å². The summed E-state index contributed by atoms with van der Waals surface area (Å²) in [6.07, 6.45) is 8.57. The molecule has 2 N–H and O–H groups in total. The fourth-order valence-electron chi connectivity index (χ4n) is 3.93. The van der Waals surface area contributed by atoms with E-state index in [1.165, 1.54) is 38.5 Å². The summed E-state index contributed by atoms with van der Waals surface area (Å²) < 4.78 is 0. The first-order valence-corrected chi connectivity index (χ1v) is 8.45. The second-order valence-electron chi connectivity index (χ2n) is 6.82. The van der Waals surface area contributed by atoms with Gasteiger partial charge in [-0.05, 0) is 55.2 Å². The Bertz CT molecular complexity index is 582. The predicted octanol–water partition coefficient (Wildman–Crippen LogP) is 4.22. The van der Waals surface area contributed by atoms with Crippen molar-refractivity contribution in [3.8, 4) is 0 Å². The average Bonchev–Trinajstić information content (AvgIpc) is 3.23. The molecular weight excluding hydrogens is 284 g/mol. The molecule has 1 amide bonds. The number of hydrogen-bond donors (Lipinski definition) is 2. The second-order valence-corrected chi connectivity index (χ2v) is 7.23. The van der Waals surface area contributed by atoms with Crippen LogP contribution in [0, 0.1) is 11.8 Å². The van der Waals surface area contributed by atoms with Crippen molar-refractivity contribution in [2.24, 2.45) is 11.8 Å². The van der Waals surface area contributed by atoms with E-state index in [4.69, 9.17) is 11.6 Å². The van der Waals surface area contributed by atoms with E-state index in [1.54, 1.807) is 0 Å². The molecule has 0 spiro atoms. The molecule has 0 bridgehead atoms. The SMILES string of the molecule is O=C1Cc2cc(NC3CCCC(C4CC4)C3)c(Cl)cc2N1. The lowest BCUT2D eigenvalue weighted by molar-refractivity contribution is -0.115. The first-order chi connectivity index (χ1) is 10.2. The minimum Gasteiger partial charge on any atom is -0.381 e. The van der Waals surface area contributed by atoms with Gasteiger partial charge in [0.15, 0.2) is 0 Å². The average molecular weight is 305 g/mol. The van der Waals surface area contributed by atoms with Crippen LogP contribution in [0.4, 0.5) is 11.4 Å². The maximum atomic E-state index is 11.5. The molecule has 2 saturated carbocycles. The maximum absolute atomic E-state index is 11.5. The summed E-state index contributed by atoms with van der Waals surface area (Å²) in [7, 11) is 0. The number of anilines is 2. The number of hydrogen-bond acceptors (Lipinski definition) is 2. The summed E-state index contributed by atoms with van der Waals surface area (Å²) in [5.41, 5.74) is 2.92. The van der Waals surface area contributed by atoms with Crippen molar-refractivity contribution in [1.82, 2.24) is 0 Å². The molecule has 1 heterocycles. The van der Waals surface area contributed by atoms with E-state index in [1.807, 2.05) is 6.07 Å². The largest absolute Gasteiger partial charge is 0.381 e. The Balaban J connectivity index is 1.49. The lowest BCUT2D eigenvalue weighted by atomic mass is 9.82. The smallest absolute Gasteiger partial charge is 0.228 e. The highest BCUT2D eigenvalue weighted by Crippen LogP contribution is 2.44. The quantitative estimate of drug-likeness (QED) is 0.878. The fraction of sp³-hybridized carbons (Fsp3) is 0.588. The fourth-order valence-corrected chi connectivity index (χ4v) is 4.15. The third kappa shape index (κ3) is 2.76. The van der Waals surface area contributed by atoms with Crippen LogP contribution in [0.25, 0.3) is 0 Å². The monoisotopic (exact) mass is 304 g/mol. The second kappa shape index (κ2) is 5.20. The molecule has 2 atom stereocenters. The molecule has 112 valence electrons. The number of amides is 1. The van der Waals surface area contributed by atoms with Crippen LogP contribution in [0.1, 0.15) is 44.1 Å². The van der Waals surface area contributed by atoms with E-state index < -0.39 is 0 Å². The third-order valence-corrected chi connectivity index (χ3v) is 5.49. The minimum atomic E-state index is 0.0599. The Hall–Kier alpha value is -1.22. The van der Waals surface area contributed by atoms with Crippen molar-refractivity contribution < 1.29 is 4.79 Å². The van der Waals surface area contributed by atoms with E-state index >= 15 is 0 Å². The lowest BCUT2D eigenvalue weighted by Gasteiger charge is -2.31. The Labute approximate surface area is 130 Å². The maximum Gasteiger partial charge on any atom is 0.228 e. The molecule has 0 saturated heterocycles. The van der Waals surface area contributed by atoms with Gasteiger partial charge in [-0.25, -0.2) is 0 Å². The molecule has 4 heteroatoms. The van der Waals surface area contributed by atoms with Gasteiger partial charge in [-0.2, -0.15) is 0 Å². The Morgan fingerprint density at radius 3 is 2.81 bits per heavy atom. The topological polar surface area (TPSA) is 41.1 Å². The third-order valence-electron chi connectivity index (χ3n) is 5.18. The summed E-state index contributed by atoms with van der Waals surface area (Å²) in [5.74, 6) is 1.96. The molecule has 2 fully saturated rings. The van der Waals surface area contributed by atoms with Crippen LogP contribution in [0.2, 0.25) is 5.02 Å². The number of carbonyl (C=O) groups excluding carboxylic acids is 1. The van der Waals surface area contributed by atoms with Crippen molar-refractivity contribution in [1.29, 1.82) is 0 Å². The normalized spacial score (nSPS) is 28.1. The van der Waals surface area contributed by atoms with Crippen LogP contribution < -0.4 is 10.6 Å². The van der Waals surface area contributed by atoms with Gasteiger partial charge in [-0.1, -0.05) is 24.4 Å². The van der Waals surface area contributed by atoms with E-state index in [-0.39, 0.29) is 5.91 Å². The van der Waals surface area contributed by atoms with Crippen molar-refractivity contribution in [2.75, 3.05) is 10.6 Å². The van der Waals surface area contributed by atoms with Gasteiger partial charge in [0.05, 0.1) is 17.1 Å². The minimum absolute atomic E-state index is 0.0599. The molecule has 2 aliphatic carbocycles. The number of carbonyl (C=O) groups is 1. The molecule has 21 heavy (non-hydrogen) atoms. The van der Waals surface area contributed by atoms with Crippen LogP contribution >= 0.6 is 11.6 Å². The van der Waals surface area contributed by atoms with Gasteiger partial charge < -0.3 is 10.6 Å². The first kappa shape index (κ1) is 13.4. The van der Waals surface area contributed by atoms with E-state index in [0.29, 0.717) is 17.5 Å². The van der Waals surface area contributed by atoms with Crippen molar-refractivity contribution >= 4 is 28.9 Å². The molecule has 4 rings (SSSR count). The Morgan fingerprint density at radius 1 is 1.14 bits per heavy atom. The standard InChI is InChI=1S/C17H21ClN2O/c18-14-9-15-12(8-17(21)20-15)7-16(14)19-13-3-1-2-11(6-13)10-4-5-10/h7,9-11,13,19H,1-6,8H2,(H,20,21). The van der Waals surface area contributed by atoms with E-state index in [9.17, 15) is 4.79 Å². The Kier molecular flexibility index (Phi) is 3.33. The van der Waals surface area contributed by atoms with Gasteiger partial charge in [0, 0.05) is 11.7 Å². The number of halogens is 1. The molecule has 0 radical (unpaired) electrons. The van der Waals surface area contributed by atoms with Crippen LogP contribution in [0.3, 0.4) is 0 Å². The molecule has 1 aliphatic heterocycles. The van der Waals surface area contributed by atoms with Gasteiger partial charge in [-0.3, -0.25) is 4.79 Å². The highest BCUT2D eigenvalue weighted by molar-refractivity contribution is 6.33. The zero-order valence-corrected chi connectivity index (χ0v) is 12.9. The van der Waals surface area contributed by atoms with Crippen LogP contribution in [0.15, 0.2) is 12.1 Å². The number of nitrogens with one attached hydrogen (secondary N) is 2. The van der Waals surface area contributed by atoms with Crippen molar-refractivity contribution in [2.45, 2.75) is 51.0 Å². The van der Waals surface area contributed by atoms with Crippen LogP contribution in [-0.4, -0.2) is 11.9 Å². The Morgan fingerprint density at radius 2 is 2.00 bits per heavy atom. The number of rotatable bonds is 3. The summed E-state index contributed by atoms with van der Waals surface area (Å²) in [5, 5.41) is 7.20. The van der Waals surface area contributed by atoms with Gasteiger partial charge in [0.1, 0.15) is 0 Å². The molecule has 3 nitrogen and oxygen atoms in total. The lowest BCUT2D eigenvalue weighted by Crippen LogP contribution is -2.28. The highest BCUT2D eigenvalue weighted by Gasteiger charge is 2.34. The first-order valence-electron chi connectivity index (χ1n) is 8.08. The molecule has 0 aromatic heterocycles. The van der Waals surface area contributed by atoms with E-state index in [0.717, 1.165) is 28.8 Å². The van der Waals surface area contributed by atoms with Crippen LogP contribution in [-0.2, 0) is 11.2 Å². The van der Waals surface area contributed by atoms with Gasteiger partial charge in [0.25, 0.3) is 0 Å². The number of benzene rings is 1. The molecular formula is C17H21ClN2O. The van der Waals surface area contributed by atoms with Crippen molar-refractivity contribution in [3.05, 3.63) is 22.7 Å². The number of fused-ring (bicyclic) bond motifs is 1. The van der Waals surface area contributed by atoms with E-state index in [2.05, 4.69) is 16.7 Å². The van der Waals surface area contributed by atoms with Gasteiger partial charge >= 0.3 is 0 Å². The molecule has 2 unspecified atom stereocenters. The summed E-state index contributed by atoms with van der Waals surface area (Å²) >= 11 is 6.37. The van der Waals surface area contributed by atoms with Gasteiger partial charge in [-0.15, -0.1) is 0 Å². The van der Waals surface area contributed by atoms with Crippen LogP contribution in [0.5, 0.6) is 0 Å². The zero-order valence-electron chi connectivity index (χ0n) is 12.1. The summed E-state index contributed by atoms with van der Waals surface area (Å²) in [6, 6.07) is 4.46. The predicted molar refractivity (Wildman–Crippen MR) is 85.9 cm³/mol. The molecule has 3 aliphatic rings. The van der Waals surface area contributed by atoms with Gasteiger partial charge in [0.2, 0.25) is 5.91 Å². The summed E-state index contributed by atoms with van der Waals surface area (Å²) in [6.45, 7) is 0.